The van der Waals surface area contributed by atoms with Gasteiger partial charge in [-0.15, -0.1) is 9.24 Å². The highest BCUT2D eigenvalue weighted by Gasteiger charge is 2.14. The Morgan fingerprint density at radius 2 is 2.50 bits per heavy atom. The van der Waals surface area contributed by atoms with Crippen molar-refractivity contribution in [3.63, 3.8) is 0 Å². The fourth-order valence-electron chi connectivity index (χ4n) is 0.430. The van der Waals surface area contributed by atoms with E-state index in [0.29, 0.717) is 12.7 Å². The van der Waals surface area contributed by atoms with E-state index in [1.807, 2.05) is 0 Å². The van der Waals surface area contributed by atoms with Crippen molar-refractivity contribution < 1.29 is 10.7 Å². The highest BCUT2D eigenvalue weighted by atomic mass is 32.0. The number of hydrogen-bond donors (Lipinski definition) is 1. The van der Waals surface area contributed by atoms with Gasteiger partial charge in [0.15, 0.2) is 0 Å². The molecule has 0 aliphatic rings. The van der Waals surface area contributed by atoms with Crippen molar-refractivity contribution in [2.24, 2.45) is 11.7 Å². The van der Waals surface area contributed by atoms with Crippen molar-refractivity contribution in [3.8, 4) is 0 Å². The molecule has 0 amide bonds. The quantitative estimate of drug-likeness (QED) is 0.679. The molecular formula is C4H14NO2P3. The van der Waals surface area contributed by atoms with Gasteiger partial charge in [0.1, 0.15) is 0 Å². The lowest BCUT2D eigenvalue weighted by Crippen LogP contribution is -2.24. The van der Waals surface area contributed by atoms with E-state index in [0.717, 1.165) is 0 Å². The minimum atomic E-state index is -0.203. The van der Waals surface area contributed by atoms with Gasteiger partial charge in [0.25, 0.3) is 0 Å². The number of carbonyl (C=O) groups excluding carboxylic acids is 1. The van der Waals surface area contributed by atoms with Crippen LogP contribution < -0.4 is 5.73 Å². The minimum absolute atomic E-state index is 0. The molecule has 0 aromatic carbocycles. The molecule has 0 rings (SSSR count). The van der Waals surface area contributed by atoms with Crippen LogP contribution in [-0.2, 0) is 9.32 Å². The Morgan fingerprint density at radius 3 is 2.80 bits per heavy atom. The molecule has 0 fully saturated rings. The van der Waals surface area contributed by atoms with Crippen molar-refractivity contribution in [1.82, 2.24) is 0 Å². The van der Waals surface area contributed by atoms with Gasteiger partial charge in [-0.1, -0.05) is 8.93 Å². The van der Waals surface area contributed by atoms with Crippen LogP contribution in [-0.4, -0.2) is 18.7 Å². The third-order valence-electron chi connectivity index (χ3n) is 1.06. The van der Waals surface area contributed by atoms with Crippen LogP contribution in [0, 0.1) is 5.92 Å². The first-order valence-corrected chi connectivity index (χ1v) is 6.36. The minimum Gasteiger partial charge on any atom is -0.444 e. The van der Waals surface area contributed by atoms with E-state index in [1.165, 1.54) is 0 Å². The van der Waals surface area contributed by atoms with Crippen LogP contribution in [0.4, 0.5) is 0 Å². The normalized spacial score (nSPS) is 13.9. The average Bonchev–Trinajstić information content (AvgIpc) is 1.91. The molecule has 0 radical (unpaired) electrons. The third-order valence-corrected chi connectivity index (χ3v) is 2.30. The predicted molar refractivity (Wildman–Crippen MR) is 53.4 cm³/mol. The maximum absolute atomic E-state index is 10.9. The van der Waals surface area contributed by atoms with Gasteiger partial charge in [0.2, 0.25) is 0 Å². The van der Waals surface area contributed by atoms with E-state index >= 15 is 0 Å². The number of rotatable bonds is 4. The van der Waals surface area contributed by atoms with Gasteiger partial charge in [0.05, 0.1) is 14.4 Å². The Morgan fingerprint density at radius 1 is 1.90 bits per heavy atom. The summed E-state index contributed by atoms with van der Waals surface area (Å²) in [6.45, 7) is 0.359. The van der Waals surface area contributed by atoms with Gasteiger partial charge in [-0.2, -0.15) is 0 Å². The largest absolute Gasteiger partial charge is 0.444 e. The predicted octanol–water partition coefficient (Wildman–Crippen LogP) is 0.609. The van der Waals surface area contributed by atoms with Crippen molar-refractivity contribution in [3.05, 3.63) is 0 Å². The fraction of sp³-hybridized carbons (Fsp3) is 0.750. The lowest BCUT2D eigenvalue weighted by molar-refractivity contribution is -0.136. The number of nitrogens with two attached hydrogens (primary N) is 1. The van der Waals surface area contributed by atoms with Gasteiger partial charge >= 0.3 is 5.97 Å². The second-order valence-corrected chi connectivity index (χ2v) is 3.33. The summed E-state index contributed by atoms with van der Waals surface area (Å²) in [4.78, 5) is 10.9. The van der Waals surface area contributed by atoms with Gasteiger partial charge in [-0.05, 0) is 6.16 Å². The van der Waals surface area contributed by atoms with Crippen LogP contribution >= 0.6 is 26.7 Å². The monoisotopic (exact) mass is 202 g/mol. The van der Waals surface area contributed by atoms with Crippen LogP contribution in [0.1, 0.15) is 1.43 Å². The van der Waals surface area contributed by atoms with Crippen LogP contribution in [0.15, 0.2) is 0 Å². The summed E-state index contributed by atoms with van der Waals surface area (Å²) in [6, 6.07) is 0. The van der Waals surface area contributed by atoms with Crippen LogP contribution in [0.2, 0.25) is 0 Å². The van der Waals surface area contributed by atoms with E-state index in [2.05, 4.69) is 18.2 Å². The maximum Gasteiger partial charge on any atom is 0.313 e. The van der Waals surface area contributed by atoms with Crippen LogP contribution in [0.25, 0.3) is 0 Å². The first-order chi connectivity index (χ1) is 4.76. The zero-order valence-corrected chi connectivity index (χ0v) is 8.85. The highest BCUT2D eigenvalue weighted by Crippen LogP contribution is 2.23. The highest BCUT2D eigenvalue weighted by molar-refractivity contribution is 8.00. The first-order valence-electron chi connectivity index (χ1n) is 2.82. The summed E-state index contributed by atoms with van der Waals surface area (Å²) < 4.78 is 4.74. The van der Waals surface area contributed by atoms with Crippen molar-refractivity contribution in [2.45, 2.75) is 0 Å². The summed E-state index contributed by atoms with van der Waals surface area (Å²) in [5, 5.41) is 0. The van der Waals surface area contributed by atoms with E-state index in [1.54, 1.807) is 0 Å². The Bertz CT molecular complexity index is 112. The topological polar surface area (TPSA) is 52.3 Å². The molecule has 0 saturated heterocycles. The average molecular weight is 202 g/mol. The fourth-order valence-corrected chi connectivity index (χ4v) is 1.45. The van der Waals surface area contributed by atoms with E-state index in [9.17, 15) is 4.79 Å². The summed E-state index contributed by atoms with van der Waals surface area (Å²) >= 11 is 0. The molecular weight excluding hydrogens is 187 g/mol. The summed E-state index contributed by atoms with van der Waals surface area (Å²) in [5.74, 6) is -0.358. The number of carbonyl (C=O) groups is 1. The molecule has 62 valence electrons. The molecule has 0 bridgehead atoms. The molecule has 0 heterocycles. The van der Waals surface area contributed by atoms with Gasteiger partial charge in [0, 0.05) is 7.97 Å². The smallest absolute Gasteiger partial charge is 0.313 e. The molecule has 6 heteroatoms. The lowest BCUT2D eigenvalue weighted by atomic mass is 10.2. The number of hydrogen-bond acceptors (Lipinski definition) is 3. The van der Waals surface area contributed by atoms with Crippen molar-refractivity contribution >= 4 is 32.6 Å². The third kappa shape index (κ3) is 3.78. The van der Waals surface area contributed by atoms with Gasteiger partial charge < -0.3 is 10.3 Å². The molecule has 0 saturated carbocycles. The molecule has 0 aromatic rings. The van der Waals surface area contributed by atoms with Crippen LogP contribution in [0.3, 0.4) is 0 Å². The summed E-state index contributed by atoms with van der Waals surface area (Å²) in [5.41, 5.74) is 5.30. The molecule has 0 spiro atoms. The Kier molecular flexibility index (Phi) is 6.89. The van der Waals surface area contributed by atoms with Crippen molar-refractivity contribution in [2.75, 3.05) is 12.7 Å². The summed E-state index contributed by atoms with van der Waals surface area (Å²) in [7, 11) is 4.96. The molecule has 2 N–H and O–H groups in total. The van der Waals surface area contributed by atoms with Crippen molar-refractivity contribution in [1.29, 1.82) is 0 Å². The van der Waals surface area contributed by atoms with E-state index < -0.39 is 0 Å². The molecule has 10 heavy (non-hydrogen) atoms. The Labute approximate surface area is 68.5 Å². The van der Waals surface area contributed by atoms with Crippen LogP contribution in [0.5, 0.6) is 0 Å². The molecule has 0 aliphatic heterocycles. The summed E-state index contributed by atoms with van der Waals surface area (Å²) in [6.07, 6.45) is 0.671. The SMILES string of the molecule is NCC(CP)C(=O)OPP.[2HH]. The Balaban J connectivity index is 0. The van der Waals surface area contributed by atoms with E-state index in [4.69, 9.17) is 10.3 Å². The zero-order chi connectivity index (χ0) is 7.98. The molecule has 0 aliphatic carbocycles. The molecule has 4 atom stereocenters. The van der Waals surface area contributed by atoms with E-state index in [-0.39, 0.29) is 21.8 Å². The molecule has 3 nitrogen and oxygen atoms in total. The second kappa shape index (κ2) is 6.43. The maximum atomic E-state index is 10.9. The van der Waals surface area contributed by atoms with Gasteiger partial charge in [-0.3, -0.25) is 4.79 Å². The zero-order valence-electron chi connectivity index (χ0n) is 5.54. The molecule has 4 unspecified atom stereocenters. The van der Waals surface area contributed by atoms with Gasteiger partial charge in [-0.25, -0.2) is 0 Å². The Hall–Kier alpha value is 0.720. The first kappa shape index (κ1) is 10.7. The second-order valence-electron chi connectivity index (χ2n) is 1.71. The standard InChI is InChI=1S/C4H12NO2P3.H2/c5-1-3(2-8)4(6)7-10-9;/h3,10H,1-2,5,8-9H2;1H/i;1+1. The lowest BCUT2D eigenvalue weighted by Gasteiger charge is -2.08. The molecule has 0 aromatic heterocycles.